The van der Waals surface area contributed by atoms with Gasteiger partial charge in [0.05, 0.1) is 5.56 Å². The van der Waals surface area contributed by atoms with E-state index in [-0.39, 0.29) is 22.7 Å². The van der Waals surface area contributed by atoms with Gasteiger partial charge < -0.3 is 5.73 Å². The van der Waals surface area contributed by atoms with Crippen LogP contribution in [-0.4, -0.2) is 10.8 Å². The number of hydrogen-bond donors (Lipinski definition) is 1. The van der Waals surface area contributed by atoms with E-state index in [1.807, 2.05) is 0 Å². The minimum atomic E-state index is -0.492. The molecule has 4 heteroatoms. The van der Waals surface area contributed by atoms with E-state index in [0.29, 0.717) is 0 Å². The van der Waals surface area contributed by atoms with Crippen LogP contribution in [0.3, 0.4) is 0 Å². The van der Waals surface area contributed by atoms with E-state index in [0.717, 1.165) is 6.07 Å². The van der Waals surface area contributed by atoms with Crippen molar-refractivity contribution in [2.45, 2.75) is 0 Å². The molecule has 80 valence electrons. The lowest BCUT2D eigenvalue weighted by Gasteiger charge is -2.03. The van der Waals surface area contributed by atoms with Crippen LogP contribution in [0.5, 0.6) is 0 Å². The molecule has 0 aliphatic heterocycles. The molecule has 1 aromatic heterocycles. The summed E-state index contributed by atoms with van der Waals surface area (Å²) in [6.45, 7) is 0. The monoisotopic (exact) mass is 216 g/mol. The molecule has 0 amide bonds. The zero-order valence-electron chi connectivity index (χ0n) is 8.35. The Morgan fingerprint density at radius 2 is 2.06 bits per heavy atom. The van der Waals surface area contributed by atoms with Crippen molar-refractivity contribution >= 4 is 11.5 Å². The summed E-state index contributed by atoms with van der Waals surface area (Å²) in [6.07, 6.45) is 1.50. The highest BCUT2D eigenvalue weighted by Crippen LogP contribution is 2.16. The van der Waals surface area contributed by atoms with Crippen molar-refractivity contribution in [3.8, 4) is 0 Å². The highest BCUT2D eigenvalue weighted by molar-refractivity contribution is 6.10. The maximum Gasteiger partial charge on any atom is 0.213 e. The number of halogens is 1. The first-order chi connectivity index (χ1) is 7.68. The molecule has 0 fully saturated rings. The Balaban J connectivity index is 2.46. The van der Waals surface area contributed by atoms with E-state index < -0.39 is 5.82 Å². The van der Waals surface area contributed by atoms with Crippen molar-refractivity contribution in [1.29, 1.82) is 0 Å². The summed E-state index contributed by atoms with van der Waals surface area (Å²) in [6, 6.07) is 8.65. The molecule has 0 aliphatic carbocycles. The molecule has 0 atom stereocenters. The zero-order valence-corrected chi connectivity index (χ0v) is 8.35. The van der Waals surface area contributed by atoms with Gasteiger partial charge in [0.2, 0.25) is 5.78 Å². The van der Waals surface area contributed by atoms with E-state index in [2.05, 4.69) is 4.98 Å². The van der Waals surface area contributed by atoms with Gasteiger partial charge in [0.1, 0.15) is 11.5 Å². The number of pyridine rings is 1. The maximum atomic E-state index is 13.0. The lowest BCUT2D eigenvalue weighted by molar-refractivity contribution is 0.103. The van der Waals surface area contributed by atoms with Crippen molar-refractivity contribution in [3.63, 3.8) is 0 Å². The molecule has 0 radical (unpaired) electrons. The number of rotatable bonds is 2. The van der Waals surface area contributed by atoms with Crippen LogP contribution in [0.2, 0.25) is 0 Å². The standard InChI is InChI=1S/C12H9FN2O/c13-8-4-5-10(14)9(7-8)12(16)11-3-1-2-6-15-11/h1-7H,14H2. The molecule has 0 aliphatic rings. The average molecular weight is 216 g/mol. The Bertz CT molecular complexity index is 526. The SMILES string of the molecule is Nc1ccc(F)cc1C(=O)c1ccccn1. The van der Waals surface area contributed by atoms with Gasteiger partial charge in [0.25, 0.3) is 0 Å². The molecule has 0 saturated heterocycles. The lowest BCUT2D eigenvalue weighted by Crippen LogP contribution is -2.07. The fourth-order valence-electron chi connectivity index (χ4n) is 1.36. The predicted molar refractivity (Wildman–Crippen MR) is 58.5 cm³/mol. The van der Waals surface area contributed by atoms with Gasteiger partial charge in [-0.15, -0.1) is 0 Å². The molecule has 3 nitrogen and oxygen atoms in total. The summed E-state index contributed by atoms with van der Waals surface area (Å²) >= 11 is 0. The summed E-state index contributed by atoms with van der Waals surface area (Å²) in [5.74, 6) is -0.869. The highest BCUT2D eigenvalue weighted by atomic mass is 19.1. The smallest absolute Gasteiger partial charge is 0.213 e. The second-order valence-corrected chi connectivity index (χ2v) is 3.28. The number of nitrogen functional groups attached to an aromatic ring is 1. The van der Waals surface area contributed by atoms with E-state index in [1.165, 1.54) is 18.3 Å². The highest BCUT2D eigenvalue weighted by Gasteiger charge is 2.13. The molecule has 1 aromatic carbocycles. The Labute approximate surface area is 91.7 Å². The Morgan fingerprint density at radius 1 is 1.25 bits per heavy atom. The molecule has 2 aromatic rings. The summed E-state index contributed by atoms with van der Waals surface area (Å²) in [5.41, 5.74) is 6.25. The first-order valence-corrected chi connectivity index (χ1v) is 4.69. The van der Waals surface area contributed by atoms with Crippen LogP contribution in [-0.2, 0) is 0 Å². The van der Waals surface area contributed by atoms with E-state index in [4.69, 9.17) is 5.73 Å². The molecule has 0 saturated carbocycles. The van der Waals surface area contributed by atoms with Gasteiger partial charge in [0, 0.05) is 11.9 Å². The van der Waals surface area contributed by atoms with Crippen molar-refractivity contribution in [1.82, 2.24) is 4.98 Å². The second-order valence-electron chi connectivity index (χ2n) is 3.28. The van der Waals surface area contributed by atoms with Crippen LogP contribution in [0.1, 0.15) is 16.1 Å². The molecule has 0 unspecified atom stereocenters. The molecule has 16 heavy (non-hydrogen) atoms. The fourth-order valence-corrected chi connectivity index (χ4v) is 1.36. The largest absolute Gasteiger partial charge is 0.398 e. The van der Waals surface area contributed by atoms with Gasteiger partial charge in [-0.2, -0.15) is 0 Å². The second kappa shape index (κ2) is 4.10. The number of anilines is 1. The number of aromatic nitrogens is 1. The molecule has 1 heterocycles. The first-order valence-electron chi connectivity index (χ1n) is 4.69. The van der Waals surface area contributed by atoms with Gasteiger partial charge in [-0.25, -0.2) is 4.39 Å². The summed E-state index contributed by atoms with van der Waals surface area (Å²) in [7, 11) is 0. The lowest BCUT2D eigenvalue weighted by atomic mass is 10.1. The molecule has 0 bridgehead atoms. The number of nitrogens with zero attached hydrogens (tertiary/aromatic N) is 1. The fraction of sp³-hybridized carbons (Fsp3) is 0. The topological polar surface area (TPSA) is 56.0 Å². The van der Waals surface area contributed by atoms with E-state index >= 15 is 0 Å². The number of nitrogens with two attached hydrogens (primary N) is 1. The molecular formula is C12H9FN2O. The van der Waals surface area contributed by atoms with Crippen LogP contribution >= 0.6 is 0 Å². The number of carbonyl (C=O) groups excluding carboxylic acids is 1. The van der Waals surface area contributed by atoms with Gasteiger partial charge in [-0.1, -0.05) is 6.07 Å². The molecule has 0 spiro atoms. The minimum absolute atomic E-state index is 0.138. The summed E-state index contributed by atoms with van der Waals surface area (Å²) in [5, 5.41) is 0. The normalized spacial score (nSPS) is 10.1. The molecule has 2 rings (SSSR count). The predicted octanol–water partition coefficient (Wildman–Crippen LogP) is 2.03. The van der Waals surface area contributed by atoms with Crippen molar-refractivity contribution in [2.24, 2.45) is 0 Å². The van der Waals surface area contributed by atoms with Crippen LogP contribution in [0, 0.1) is 5.82 Å². The average Bonchev–Trinajstić information content (AvgIpc) is 2.32. The van der Waals surface area contributed by atoms with Crippen molar-refractivity contribution in [3.05, 3.63) is 59.7 Å². The maximum absolute atomic E-state index is 13.0. The van der Waals surface area contributed by atoms with Crippen molar-refractivity contribution in [2.75, 3.05) is 5.73 Å². The van der Waals surface area contributed by atoms with Crippen molar-refractivity contribution < 1.29 is 9.18 Å². The van der Waals surface area contributed by atoms with Gasteiger partial charge in [-0.05, 0) is 30.3 Å². The van der Waals surface area contributed by atoms with Crippen LogP contribution in [0.25, 0.3) is 0 Å². The Kier molecular flexibility index (Phi) is 2.64. The number of hydrogen-bond acceptors (Lipinski definition) is 3. The summed E-state index contributed by atoms with van der Waals surface area (Å²) in [4.78, 5) is 15.8. The van der Waals surface area contributed by atoms with Crippen LogP contribution in [0.4, 0.5) is 10.1 Å². The van der Waals surface area contributed by atoms with Gasteiger partial charge in [0.15, 0.2) is 0 Å². The molecule has 2 N–H and O–H groups in total. The number of benzene rings is 1. The van der Waals surface area contributed by atoms with Crippen LogP contribution in [0.15, 0.2) is 42.6 Å². The minimum Gasteiger partial charge on any atom is -0.398 e. The third-order valence-electron chi connectivity index (χ3n) is 2.16. The van der Waals surface area contributed by atoms with Gasteiger partial charge >= 0.3 is 0 Å². The summed E-state index contributed by atoms with van der Waals surface area (Å²) < 4.78 is 13.0. The quantitative estimate of drug-likeness (QED) is 0.617. The first kappa shape index (κ1) is 10.3. The Hall–Kier alpha value is -2.23. The third kappa shape index (κ3) is 1.91. The number of carbonyl (C=O) groups is 1. The van der Waals surface area contributed by atoms with Crippen LogP contribution < -0.4 is 5.73 Å². The Morgan fingerprint density at radius 3 is 2.75 bits per heavy atom. The third-order valence-corrected chi connectivity index (χ3v) is 2.16. The molecular weight excluding hydrogens is 207 g/mol. The van der Waals surface area contributed by atoms with Gasteiger partial charge in [-0.3, -0.25) is 9.78 Å². The van der Waals surface area contributed by atoms with E-state index in [1.54, 1.807) is 18.2 Å². The zero-order chi connectivity index (χ0) is 11.5. The van der Waals surface area contributed by atoms with E-state index in [9.17, 15) is 9.18 Å². The number of ketones is 1.